The molecule has 1 unspecified atom stereocenters. The minimum atomic E-state index is -1.02. The zero-order chi connectivity index (χ0) is 15.5. The molecular weight excluding hydrogens is 280 g/mol. The lowest BCUT2D eigenvalue weighted by atomic mass is 9.89. The number of pyridine rings is 1. The second kappa shape index (κ2) is 5.97. The van der Waals surface area contributed by atoms with Crippen LogP contribution in [0.2, 0.25) is 0 Å². The van der Waals surface area contributed by atoms with E-state index in [0.29, 0.717) is 18.8 Å². The molecule has 1 N–H and O–H groups in total. The Bertz CT molecular complexity index is 700. The number of hydrogen-bond acceptors (Lipinski definition) is 3. The SMILES string of the molecule is O=C(O)c1ccnc(N2CCC(c3ccccc3)CC2=O)c1. The van der Waals surface area contributed by atoms with E-state index in [4.69, 9.17) is 5.11 Å². The average molecular weight is 296 g/mol. The molecule has 5 nitrogen and oxygen atoms in total. The van der Waals surface area contributed by atoms with Crippen LogP contribution in [0.25, 0.3) is 0 Å². The average Bonchev–Trinajstić information content (AvgIpc) is 2.55. The Hall–Kier alpha value is -2.69. The van der Waals surface area contributed by atoms with E-state index in [-0.39, 0.29) is 17.4 Å². The van der Waals surface area contributed by atoms with Gasteiger partial charge in [0.2, 0.25) is 5.91 Å². The monoisotopic (exact) mass is 296 g/mol. The lowest BCUT2D eigenvalue weighted by molar-refractivity contribution is -0.120. The first-order valence-electron chi connectivity index (χ1n) is 7.20. The molecule has 0 bridgehead atoms. The van der Waals surface area contributed by atoms with Gasteiger partial charge >= 0.3 is 5.97 Å². The summed E-state index contributed by atoms with van der Waals surface area (Å²) >= 11 is 0. The Morgan fingerprint density at radius 1 is 1.23 bits per heavy atom. The van der Waals surface area contributed by atoms with Crippen LogP contribution in [0.4, 0.5) is 5.82 Å². The molecule has 1 atom stereocenters. The summed E-state index contributed by atoms with van der Waals surface area (Å²) in [7, 11) is 0. The minimum absolute atomic E-state index is 0.0184. The van der Waals surface area contributed by atoms with Gasteiger partial charge in [0.25, 0.3) is 0 Å². The largest absolute Gasteiger partial charge is 0.478 e. The molecule has 1 aromatic carbocycles. The number of anilines is 1. The van der Waals surface area contributed by atoms with Gasteiger partial charge in [-0.3, -0.25) is 9.69 Å². The molecule has 2 heterocycles. The summed E-state index contributed by atoms with van der Waals surface area (Å²) in [6.07, 6.45) is 2.69. The zero-order valence-corrected chi connectivity index (χ0v) is 12.0. The van der Waals surface area contributed by atoms with Crippen molar-refractivity contribution in [2.45, 2.75) is 18.8 Å². The number of amides is 1. The van der Waals surface area contributed by atoms with Gasteiger partial charge in [0.05, 0.1) is 5.56 Å². The molecule has 0 spiro atoms. The molecule has 1 saturated heterocycles. The molecule has 1 fully saturated rings. The van der Waals surface area contributed by atoms with Crippen LogP contribution in [0.3, 0.4) is 0 Å². The highest BCUT2D eigenvalue weighted by Gasteiger charge is 2.28. The molecule has 1 aliphatic rings. The van der Waals surface area contributed by atoms with Gasteiger partial charge in [-0.25, -0.2) is 9.78 Å². The summed E-state index contributed by atoms with van der Waals surface area (Å²) in [5.74, 6) is -0.408. The number of aromatic carboxylic acids is 1. The lowest BCUT2D eigenvalue weighted by Gasteiger charge is -2.31. The smallest absolute Gasteiger partial charge is 0.335 e. The van der Waals surface area contributed by atoms with Gasteiger partial charge < -0.3 is 5.11 Å². The molecule has 5 heteroatoms. The quantitative estimate of drug-likeness (QED) is 0.945. The number of piperidine rings is 1. The van der Waals surface area contributed by atoms with Gasteiger partial charge in [-0.05, 0) is 30.0 Å². The fourth-order valence-electron chi connectivity index (χ4n) is 2.78. The van der Waals surface area contributed by atoms with E-state index in [0.717, 1.165) is 6.42 Å². The van der Waals surface area contributed by atoms with Crippen LogP contribution in [0.1, 0.15) is 34.7 Å². The minimum Gasteiger partial charge on any atom is -0.478 e. The van der Waals surface area contributed by atoms with Crippen LogP contribution >= 0.6 is 0 Å². The van der Waals surface area contributed by atoms with Gasteiger partial charge in [-0.1, -0.05) is 30.3 Å². The highest BCUT2D eigenvalue weighted by atomic mass is 16.4. The topological polar surface area (TPSA) is 70.5 Å². The van der Waals surface area contributed by atoms with Crippen molar-refractivity contribution in [3.8, 4) is 0 Å². The molecule has 1 amide bonds. The molecule has 112 valence electrons. The van der Waals surface area contributed by atoms with Crippen molar-refractivity contribution in [1.82, 2.24) is 4.98 Å². The molecule has 1 aliphatic heterocycles. The number of rotatable bonds is 3. The van der Waals surface area contributed by atoms with Crippen LogP contribution in [0.15, 0.2) is 48.7 Å². The van der Waals surface area contributed by atoms with E-state index >= 15 is 0 Å². The van der Waals surface area contributed by atoms with Crippen LogP contribution < -0.4 is 4.90 Å². The molecular formula is C17H16N2O3. The summed E-state index contributed by atoms with van der Waals surface area (Å²) in [5.41, 5.74) is 1.31. The molecule has 3 rings (SSSR count). The molecule has 1 aromatic heterocycles. The maximum Gasteiger partial charge on any atom is 0.335 e. The Labute approximate surface area is 128 Å². The van der Waals surface area contributed by atoms with E-state index in [9.17, 15) is 9.59 Å². The molecule has 0 radical (unpaired) electrons. The van der Waals surface area contributed by atoms with E-state index in [1.54, 1.807) is 4.90 Å². The number of carbonyl (C=O) groups is 2. The summed E-state index contributed by atoms with van der Waals surface area (Å²) in [5, 5.41) is 9.03. The van der Waals surface area contributed by atoms with Crippen molar-refractivity contribution < 1.29 is 14.7 Å². The number of nitrogens with zero attached hydrogens (tertiary/aromatic N) is 2. The van der Waals surface area contributed by atoms with E-state index in [1.807, 2.05) is 30.3 Å². The summed E-state index contributed by atoms with van der Waals surface area (Å²) < 4.78 is 0. The fourth-order valence-corrected chi connectivity index (χ4v) is 2.78. The van der Waals surface area contributed by atoms with Crippen LogP contribution in [-0.2, 0) is 4.79 Å². The number of hydrogen-bond donors (Lipinski definition) is 1. The second-order valence-corrected chi connectivity index (χ2v) is 5.35. The van der Waals surface area contributed by atoms with Crippen molar-refractivity contribution in [1.29, 1.82) is 0 Å². The number of benzene rings is 1. The first-order chi connectivity index (χ1) is 10.6. The van der Waals surface area contributed by atoms with Crippen molar-refractivity contribution in [3.63, 3.8) is 0 Å². The maximum atomic E-state index is 12.4. The third-order valence-corrected chi connectivity index (χ3v) is 3.96. The Kier molecular flexibility index (Phi) is 3.87. The van der Waals surface area contributed by atoms with Crippen molar-refractivity contribution in [2.24, 2.45) is 0 Å². The van der Waals surface area contributed by atoms with Crippen molar-refractivity contribution in [2.75, 3.05) is 11.4 Å². The molecule has 0 saturated carbocycles. The lowest BCUT2D eigenvalue weighted by Crippen LogP contribution is -2.38. The van der Waals surface area contributed by atoms with Gasteiger partial charge in [0, 0.05) is 19.2 Å². The predicted molar refractivity (Wildman–Crippen MR) is 82.0 cm³/mol. The van der Waals surface area contributed by atoms with Gasteiger partial charge in [-0.15, -0.1) is 0 Å². The zero-order valence-electron chi connectivity index (χ0n) is 12.0. The summed E-state index contributed by atoms with van der Waals surface area (Å²) in [6, 6.07) is 12.9. The van der Waals surface area contributed by atoms with Crippen LogP contribution in [0, 0.1) is 0 Å². The first-order valence-corrected chi connectivity index (χ1v) is 7.20. The van der Waals surface area contributed by atoms with Crippen molar-refractivity contribution >= 4 is 17.7 Å². The summed E-state index contributed by atoms with van der Waals surface area (Å²) in [4.78, 5) is 29.1. The maximum absolute atomic E-state index is 12.4. The van der Waals surface area contributed by atoms with Crippen LogP contribution in [-0.4, -0.2) is 28.5 Å². The predicted octanol–water partition coefficient (Wildman–Crippen LogP) is 2.69. The summed E-state index contributed by atoms with van der Waals surface area (Å²) in [6.45, 7) is 0.550. The van der Waals surface area contributed by atoms with Gasteiger partial charge in [0.1, 0.15) is 5.82 Å². The number of carbonyl (C=O) groups excluding carboxylic acids is 1. The Morgan fingerprint density at radius 2 is 2.00 bits per heavy atom. The Morgan fingerprint density at radius 3 is 2.68 bits per heavy atom. The number of aromatic nitrogens is 1. The van der Waals surface area contributed by atoms with Gasteiger partial charge in [0.15, 0.2) is 0 Å². The molecule has 2 aromatic rings. The van der Waals surface area contributed by atoms with Crippen LogP contribution in [0.5, 0.6) is 0 Å². The van der Waals surface area contributed by atoms with Crippen molar-refractivity contribution in [3.05, 3.63) is 59.8 Å². The van der Waals surface area contributed by atoms with E-state index in [2.05, 4.69) is 4.98 Å². The molecule has 0 aliphatic carbocycles. The number of carboxylic acid groups (broad SMARTS) is 1. The first kappa shape index (κ1) is 14.3. The highest BCUT2D eigenvalue weighted by molar-refractivity contribution is 5.95. The van der Waals surface area contributed by atoms with E-state index in [1.165, 1.54) is 23.9 Å². The number of carboxylic acids is 1. The van der Waals surface area contributed by atoms with Gasteiger partial charge in [-0.2, -0.15) is 0 Å². The third-order valence-electron chi connectivity index (χ3n) is 3.96. The highest BCUT2D eigenvalue weighted by Crippen LogP contribution is 2.30. The fraction of sp³-hybridized carbons (Fsp3) is 0.235. The third kappa shape index (κ3) is 2.83. The van der Waals surface area contributed by atoms with E-state index < -0.39 is 5.97 Å². The standard InChI is InChI=1S/C17H16N2O3/c20-16-11-13(12-4-2-1-3-5-12)7-9-19(16)15-10-14(17(21)22)6-8-18-15/h1-6,8,10,13H,7,9,11H2,(H,21,22). The Balaban J connectivity index is 1.77. The second-order valence-electron chi connectivity index (χ2n) is 5.35. The normalized spacial score (nSPS) is 18.3. The molecule has 22 heavy (non-hydrogen) atoms.